The summed E-state index contributed by atoms with van der Waals surface area (Å²) in [5.41, 5.74) is 0.748. The molecule has 0 spiro atoms. The number of rotatable bonds is 4. The summed E-state index contributed by atoms with van der Waals surface area (Å²) in [6, 6.07) is 0. The monoisotopic (exact) mass is 212 g/mol. The molecular weight excluding hydrogens is 204 g/mol. The van der Waals surface area contributed by atoms with Crippen LogP contribution < -0.4 is 0 Å². The van der Waals surface area contributed by atoms with Crippen molar-refractivity contribution in [2.75, 3.05) is 6.61 Å². The van der Waals surface area contributed by atoms with Crippen LogP contribution in [0.25, 0.3) is 4.96 Å². The van der Waals surface area contributed by atoms with Crippen LogP contribution in [0.1, 0.15) is 5.69 Å². The molecule has 1 N–H and O–H groups in total. The Morgan fingerprint density at radius 1 is 1.71 bits per heavy atom. The van der Waals surface area contributed by atoms with Gasteiger partial charge < -0.3 is 9.84 Å². The Kier molecular flexibility index (Phi) is 2.47. The van der Waals surface area contributed by atoms with Crippen molar-refractivity contribution in [1.29, 1.82) is 0 Å². The maximum Gasteiger partial charge on any atom is 0.329 e. The predicted octanol–water partition coefficient (Wildman–Crippen LogP) is 0.997. The number of hydrogen-bond donors (Lipinski definition) is 1. The van der Waals surface area contributed by atoms with Gasteiger partial charge in [0.2, 0.25) is 0 Å². The highest BCUT2D eigenvalue weighted by Crippen LogP contribution is 2.11. The van der Waals surface area contributed by atoms with Gasteiger partial charge in [-0.3, -0.25) is 4.40 Å². The van der Waals surface area contributed by atoms with Crippen molar-refractivity contribution in [2.24, 2.45) is 0 Å². The van der Waals surface area contributed by atoms with Gasteiger partial charge in [0.05, 0.1) is 12.3 Å². The minimum Gasteiger partial charge on any atom is -0.480 e. The van der Waals surface area contributed by atoms with Crippen molar-refractivity contribution in [2.45, 2.75) is 6.61 Å². The molecule has 0 fully saturated rings. The van der Waals surface area contributed by atoms with Crippen molar-refractivity contribution in [3.63, 3.8) is 0 Å². The van der Waals surface area contributed by atoms with Crippen LogP contribution in [0.4, 0.5) is 0 Å². The smallest absolute Gasteiger partial charge is 0.329 e. The van der Waals surface area contributed by atoms with Crippen LogP contribution in [0.15, 0.2) is 17.8 Å². The lowest BCUT2D eigenvalue weighted by molar-refractivity contribution is -0.142. The zero-order chi connectivity index (χ0) is 9.97. The first-order chi connectivity index (χ1) is 6.75. The molecule has 2 aromatic rings. The minimum atomic E-state index is -0.967. The number of nitrogens with zero attached hydrogens (tertiary/aromatic N) is 2. The standard InChI is InChI=1S/C8H8N2O3S/c11-7(12)5-13-4-6-3-10-1-2-14-8(10)9-6/h1-3H,4-5H2,(H,11,12). The first-order valence-corrected chi connectivity index (χ1v) is 4.84. The maximum absolute atomic E-state index is 10.2. The van der Waals surface area contributed by atoms with Crippen LogP contribution in [-0.4, -0.2) is 27.1 Å². The summed E-state index contributed by atoms with van der Waals surface area (Å²) in [4.78, 5) is 15.3. The SMILES string of the molecule is O=C(O)COCc1cn2ccsc2n1. The molecule has 0 saturated carbocycles. The lowest BCUT2D eigenvalue weighted by Crippen LogP contribution is -2.06. The van der Waals surface area contributed by atoms with Crippen molar-refractivity contribution >= 4 is 22.3 Å². The lowest BCUT2D eigenvalue weighted by Gasteiger charge is -1.95. The van der Waals surface area contributed by atoms with Gasteiger partial charge in [-0.25, -0.2) is 9.78 Å². The molecule has 0 aliphatic heterocycles. The molecule has 2 heterocycles. The number of carboxylic acids is 1. The molecule has 6 heteroatoms. The predicted molar refractivity (Wildman–Crippen MR) is 50.4 cm³/mol. The average molecular weight is 212 g/mol. The van der Waals surface area contributed by atoms with Crippen molar-refractivity contribution < 1.29 is 14.6 Å². The van der Waals surface area contributed by atoms with E-state index in [1.807, 2.05) is 22.2 Å². The van der Waals surface area contributed by atoms with E-state index in [9.17, 15) is 4.79 Å². The fraction of sp³-hybridized carbons (Fsp3) is 0.250. The molecule has 0 aliphatic carbocycles. The van der Waals surface area contributed by atoms with E-state index in [1.165, 1.54) is 11.3 Å². The Labute approximate surface area is 83.6 Å². The second-order valence-electron chi connectivity index (χ2n) is 2.71. The number of carboxylic acid groups (broad SMARTS) is 1. The van der Waals surface area contributed by atoms with E-state index in [-0.39, 0.29) is 13.2 Å². The summed E-state index contributed by atoms with van der Waals surface area (Å²) < 4.78 is 6.79. The molecule has 74 valence electrons. The normalized spacial score (nSPS) is 10.9. The summed E-state index contributed by atoms with van der Waals surface area (Å²) in [6.07, 6.45) is 3.72. The Morgan fingerprint density at radius 2 is 2.57 bits per heavy atom. The van der Waals surface area contributed by atoms with Gasteiger partial charge in [0.25, 0.3) is 0 Å². The number of thiazole rings is 1. The molecule has 0 radical (unpaired) electrons. The van der Waals surface area contributed by atoms with E-state index in [0.29, 0.717) is 0 Å². The number of hydrogen-bond acceptors (Lipinski definition) is 4. The van der Waals surface area contributed by atoms with E-state index in [0.717, 1.165) is 10.7 Å². The molecule has 0 unspecified atom stereocenters. The molecule has 0 amide bonds. The number of ether oxygens (including phenoxy) is 1. The second-order valence-corrected chi connectivity index (χ2v) is 3.58. The summed E-state index contributed by atoms with van der Waals surface area (Å²) in [7, 11) is 0. The van der Waals surface area contributed by atoms with Crippen molar-refractivity contribution in [1.82, 2.24) is 9.38 Å². The molecule has 0 saturated heterocycles. The van der Waals surface area contributed by atoms with Gasteiger partial charge in [-0.1, -0.05) is 0 Å². The van der Waals surface area contributed by atoms with E-state index < -0.39 is 5.97 Å². The van der Waals surface area contributed by atoms with Crippen LogP contribution in [0.3, 0.4) is 0 Å². The average Bonchev–Trinajstić information content (AvgIpc) is 2.62. The van der Waals surface area contributed by atoms with Gasteiger partial charge in [0.1, 0.15) is 6.61 Å². The largest absolute Gasteiger partial charge is 0.480 e. The fourth-order valence-electron chi connectivity index (χ4n) is 1.09. The molecule has 0 aromatic carbocycles. The fourth-order valence-corrected chi connectivity index (χ4v) is 1.81. The summed E-state index contributed by atoms with van der Waals surface area (Å²) in [6.45, 7) is -0.0497. The number of aromatic nitrogens is 2. The van der Waals surface area contributed by atoms with Crippen molar-refractivity contribution in [3.05, 3.63) is 23.5 Å². The van der Waals surface area contributed by atoms with Gasteiger partial charge in [-0.15, -0.1) is 11.3 Å². The van der Waals surface area contributed by atoms with E-state index in [1.54, 1.807) is 0 Å². The topological polar surface area (TPSA) is 63.8 Å². The quantitative estimate of drug-likeness (QED) is 0.821. The highest BCUT2D eigenvalue weighted by atomic mass is 32.1. The summed E-state index contributed by atoms with van der Waals surface area (Å²) in [5, 5.41) is 10.3. The van der Waals surface area contributed by atoms with E-state index >= 15 is 0 Å². The van der Waals surface area contributed by atoms with Crippen LogP contribution in [0.5, 0.6) is 0 Å². The summed E-state index contributed by atoms with van der Waals surface area (Å²) in [5.74, 6) is -0.967. The third kappa shape index (κ3) is 1.91. The molecule has 0 atom stereocenters. The third-order valence-corrected chi connectivity index (χ3v) is 2.39. The second kappa shape index (κ2) is 3.77. The highest BCUT2D eigenvalue weighted by molar-refractivity contribution is 7.15. The molecule has 2 rings (SSSR count). The Balaban J connectivity index is 1.98. The Hall–Kier alpha value is -1.40. The van der Waals surface area contributed by atoms with E-state index in [4.69, 9.17) is 9.84 Å². The van der Waals surface area contributed by atoms with Crippen LogP contribution in [0, 0.1) is 0 Å². The van der Waals surface area contributed by atoms with Gasteiger partial charge in [-0.05, 0) is 0 Å². The molecular formula is C8H8N2O3S. The number of imidazole rings is 1. The molecule has 14 heavy (non-hydrogen) atoms. The Morgan fingerprint density at radius 3 is 3.29 bits per heavy atom. The molecule has 0 bridgehead atoms. The van der Waals surface area contributed by atoms with Gasteiger partial charge >= 0.3 is 5.97 Å². The summed E-state index contributed by atoms with van der Waals surface area (Å²) >= 11 is 1.53. The third-order valence-electron chi connectivity index (χ3n) is 1.62. The lowest BCUT2D eigenvalue weighted by atomic mass is 10.5. The van der Waals surface area contributed by atoms with Gasteiger partial charge in [-0.2, -0.15) is 0 Å². The highest BCUT2D eigenvalue weighted by Gasteiger charge is 2.03. The van der Waals surface area contributed by atoms with E-state index in [2.05, 4.69) is 4.98 Å². The molecule has 2 aromatic heterocycles. The zero-order valence-corrected chi connectivity index (χ0v) is 8.03. The first kappa shape index (κ1) is 9.17. The zero-order valence-electron chi connectivity index (χ0n) is 7.21. The van der Waals surface area contributed by atoms with Gasteiger partial charge in [0, 0.05) is 17.8 Å². The first-order valence-electron chi connectivity index (χ1n) is 3.96. The number of carbonyl (C=O) groups is 1. The van der Waals surface area contributed by atoms with Crippen LogP contribution >= 0.6 is 11.3 Å². The molecule has 0 aliphatic rings. The van der Waals surface area contributed by atoms with Crippen LogP contribution in [-0.2, 0) is 16.1 Å². The number of fused-ring (bicyclic) bond motifs is 1. The maximum atomic E-state index is 10.2. The number of aliphatic carboxylic acids is 1. The minimum absolute atomic E-state index is 0.237. The molecule has 5 nitrogen and oxygen atoms in total. The Bertz CT molecular complexity index is 420. The van der Waals surface area contributed by atoms with Crippen LogP contribution in [0.2, 0.25) is 0 Å². The van der Waals surface area contributed by atoms with Gasteiger partial charge in [0.15, 0.2) is 4.96 Å². The van der Waals surface area contributed by atoms with Crippen molar-refractivity contribution in [3.8, 4) is 0 Å².